The second kappa shape index (κ2) is 8.53. The lowest BCUT2D eigenvalue weighted by Gasteiger charge is -2.14. The van der Waals surface area contributed by atoms with Crippen LogP contribution in [0.5, 0.6) is 11.8 Å². The van der Waals surface area contributed by atoms with Gasteiger partial charge in [-0.2, -0.15) is 18.4 Å². The van der Waals surface area contributed by atoms with E-state index in [1.54, 1.807) is 23.8 Å². The first kappa shape index (κ1) is 21.3. The molecule has 1 aliphatic carbocycles. The number of ether oxygens (including phenoxy) is 2. The summed E-state index contributed by atoms with van der Waals surface area (Å²) in [5.74, 6) is -0.217. The first-order valence-electron chi connectivity index (χ1n) is 8.94. The maximum Gasteiger partial charge on any atom is 0.336 e. The van der Waals surface area contributed by atoms with E-state index in [0.717, 1.165) is 18.4 Å². The third kappa shape index (κ3) is 5.35. The van der Waals surface area contributed by atoms with Crippen molar-refractivity contribution in [3.63, 3.8) is 0 Å². The summed E-state index contributed by atoms with van der Waals surface area (Å²) < 4.78 is 38.8. The molecule has 1 saturated carbocycles. The Morgan fingerprint density at radius 2 is 1.70 bits per heavy atom. The third-order valence-corrected chi connectivity index (χ3v) is 5.13. The zero-order valence-corrected chi connectivity index (χ0v) is 17.4. The maximum absolute atomic E-state index is 12.5. The molecule has 1 aromatic carbocycles. The number of aromatic nitrogens is 2. The van der Waals surface area contributed by atoms with Gasteiger partial charge in [0.05, 0.1) is 26.0 Å². The van der Waals surface area contributed by atoms with Gasteiger partial charge in [-0.1, -0.05) is 11.6 Å². The summed E-state index contributed by atoms with van der Waals surface area (Å²) in [5.41, 5.74) is 1.18. The van der Waals surface area contributed by atoms with Crippen molar-refractivity contribution in [1.82, 2.24) is 14.7 Å². The second-order valence-electron chi connectivity index (χ2n) is 6.63. The number of aryl methyl sites for hydroxylation is 1. The minimum atomic E-state index is -4.34. The molecule has 0 unspecified atom stereocenters. The van der Waals surface area contributed by atoms with Crippen LogP contribution in [0.3, 0.4) is 0 Å². The smallest absolute Gasteiger partial charge is 0.336 e. The molecule has 1 aromatic heterocycles. The van der Waals surface area contributed by atoms with Crippen LogP contribution in [0.25, 0.3) is 0 Å². The standard InChI is InChI=1S/C18H21N5O6S/c1-10-4-7-13(12(8-10)16(24)11-5-6-11)22-30(26,27)23-18(25)21-17-19-14(28-2)9-15(20-17)29-3/h4,7-9,11,22H,5-6H2,1-3H3,(H2,19,20,21,23,25). The predicted molar refractivity (Wildman–Crippen MR) is 108 cm³/mol. The van der Waals surface area contributed by atoms with E-state index in [9.17, 15) is 18.0 Å². The summed E-state index contributed by atoms with van der Waals surface area (Å²) >= 11 is 0. The molecule has 12 heteroatoms. The van der Waals surface area contributed by atoms with E-state index in [-0.39, 0.29) is 40.7 Å². The molecule has 3 N–H and O–H groups in total. The predicted octanol–water partition coefficient (Wildman–Crippen LogP) is 1.87. The van der Waals surface area contributed by atoms with Crippen molar-refractivity contribution in [3.05, 3.63) is 35.4 Å². The summed E-state index contributed by atoms with van der Waals surface area (Å²) in [5, 5.41) is 2.19. The Morgan fingerprint density at radius 1 is 1.07 bits per heavy atom. The number of carbonyl (C=O) groups excluding carboxylic acids is 2. The van der Waals surface area contributed by atoms with Gasteiger partial charge in [-0.25, -0.2) is 9.52 Å². The minimum absolute atomic E-state index is 0.0912. The fourth-order valence-electron chi connectivity index (χ4n) is 2.60. The SMILES string of the molecule is COc1cc(OC)nc(NC(=O)NS(=O)(=O)Nc2ccc(C)cc2C(=O)C2CC2)n1. The van der Waals surface area contributed by atoms with Crippen molar-refractivity contribution in [2.75, 3.05) is 24.3 Å². The Bertz CT molecular complexity index is 1060. The molecule has 160 valence electrons. The van der Waals surface area contributed by atoms with Gasteiger partial charge in [0.2, 0.25) is 17.7 Å². The molecule has 0 bridgehead atoms. The first-order valence-corrected chi connectivity index (χ1v) is 10.4. The number of hydrogen-bond acceptors (Lipinski definition) is 8. The number of amides is 2. The number of anilines is 2. The van der Waals surface area contributed by atoms with Crippen LogP contribution in [0.4, 0.5) is 16.4 Å². The Balaban J connectivity index is 1.73. The van der Waals surface area contributed by atoms with Crippen LogP contribution >= 0.6 is 0 Å². The number of methoxy groups -OCH3 is 2. The summed E-state index contributed by atoms with van der Waals surface area (Å²) in [6.07, 6.45) is 1.56. The topological polar surface area (TPSA) is 149 Å². The molecule has 3 rings (SSSR count). The zero-order chi connectivity index (χ0) is 21.9. The molecular weight excluding hydrogens is 414 g/mol. The number of ketones is 1. The highest BCUT2D eigenvalue weighted by Crippen LogP contribution is 2.35. The van der Waals surface area contributed by atoms with Crippen LogP contribution in [0, 0.1) is 12.8 Å². The highest BCUT2D eigenvalue weighted by molar-refractivity contribution is 7.91. The molecular formula is C18H21N5O6S. The van der Waals surface area contributed by atoms with Crippen molar-refractivity contribution in [3.8, 4) is 11.8 Å². The number of nitrogens with one attached hydrogen (secondary N) is 3. The average molecular weight is 435 g/mol. The lowest BCUT2D eigenvalue weighted by molar-refractivity contribution is 0.0968. The van der Waals surface area contributed by atoms with E-state index < -0.39 is 16.2 Å². The number of hydrogen-bond donors (Lipinski definition) is 3. The Hall–Kier alpha value is -3.41. The molecule has 11 nitrogen and oxygen atoms in total. The van der Waals surface area contributed by atoms with E-state index in [2.05, 4.69) is 20.0 Å². The van der Waals surface area contributed by atoms with E-state index in [1.165, 1.54) is 26.4 Å². The van der Waals surface area contributed by atoms with Crippen LogP contribution < -0.4 is 24.2 Å². The largest absolute Gasteiger partial charge is 0.481 e. The monoisotopic (exact) mass is 435 g/mol. The quantitative estimate of drug-likeness (QED) is 0.532. The van der Waals surface area contributed by atoms with Crippen LogP contribution in [0.1, 0.15) is 28.8 Å². The Kier molecular flexibility index (Phi) is 6.06. The van der Waals surface area contributed by atoms with Gasteiger partial charge in [-0.05, 0) is 31.9 Å². The third-order valence-electron chi connectivity index (χ3n) is 4.18. The van der Waals surface area contributed by atoms with Crippen LogP contribution in [-0.2, 0) is 10.2 Å². The molecule has 2 aromatic rings. The number of urea groups is 1. The molecule has 0 aliphatic heterocycles. The lowest BCUT2D eigenvalue weighted by atomic mass is 10.0. The van der Waals surface area contributed by atoms with Crippen molar-refractivity contribution >= 4 is 33.7 Å². The average Bonchev–Trinajstić information content (AvgIpc) is 3.53. The molecule has 2 amide bonds. The van der Waals surface area contributed by atoms with Gasteiger partial charge in [0.15, 0.2) is 5.78 Å². The highest BCUT2D eigenvalue weighted by Gasteiger charge is 2.32. The van der Waals surface area contributed by atoms with Crippen molar-refractivity contribution in [2.45, 2.75) is 19.8 Å². The zero-order valence-electron chi connectivity index (χ0n) is 16.6. The van der Waals surface area contributed by atoms with Gasteiger partial charge in [0.1, 0.15) is 0 Å². The number of rotatable bonds is 8. The summed E-state index contributed by atoms with van der Waals surface area (Å²) in [4.78, 5) is 32.4. The first-order chi connectivity index (χ1) is 14.2. The molecule has 0 radical (unpaired) electrons. The van der Waals surface area contributed by atoms with E-state index >= 15 is 0 Å². The van der Waals surface area contributed by atoms with Gasteiger partial charge in [-0.3, -0.25) is 14.8 Å². The second-order valence-corrected chi connectivity index (χ2v) is 8.04. The van der Waals surface area contributed by atoms with E-state index in [0.29, 0.717) is 0 Å². The fourth-order valence-corrected chi connectivity index (χ4v) is 3.42. The minimum Gasteiger partial charge on any atom is -0.481 e. The highest BCUT2D eigenvalue weighted by atomic mass is 32.2. The van der Waals surface area contributed by atoms with Gasteiger partial charge in [0, 0.05) is 11.5 Å². The Morgan fingerprint density at radius 3 is 2.27 bits per heavy atom. The molecule has 0 atom stereocenters. The van der Waals surface area contributed by atoms with Crippen molar-refractivity contribution in [2.24, 2.45) is 5.92 Å². The molecule has 1 fully saturated rings. The maximum atomic E-state index is 12.5. The van der Waals surface area contributed by atoms with Gasteiger partial charge in [0.25, 0.3) is 0 Å². The van der Waals surface area contributed by atoms with Gasteiger partial charge in [-0.15, -0.1) is 0 Å². The Labute approximate surface area is 173 Å². The summed E-state index contributed by atoms with van der Waals surface area (Å²) in [7, 11) is -1.62. The van der Waals surface area contributed by atoms with E-state index in [1.807, 2.05) is 0 Å². The van der Waals surface area contributed by atoms with Crippen LogP contribution in [0.2, 0.25) is 0 Å². The normalized spacial score (nSPS) is 13.3. The molecule has 1 heterocycles. The number of benzene rings is 1. The molecule has 30 heavy (non-hydrogen) atoms. The van der Waals surface area contributed by atoms with Crippen molar-refractivity contribution < 1.29 is 27.5 Å². The van der Waals surface area contributed by atoms with Gasteiger partial charge >= 0.3 is 16.2 Å². The van der Waals surface area contributed by atoms with Crippen molar-refractivity contribution in [1.29, 1.82) is 0 Å². The lowest BCUT2D eigenvalue weighted by Crippen LogP contribution is -2.38. The molecule has 1 aliphatic rings. The van der Waals surface area contributed by atoms with Gasteiger partial charge < -0.3 is 9.47 Å². The molecule has 0 saturated heterocycles. The van der Waals surface area contributed by atoms with E-state index in [4.69, 9.17) is 9.47 Å². The number of carbonyl (C=O) groups is 2. The number of nitrogens with zero attached hydrogens (tertiary/aromatic N) is 2. The molecule has 0 spiro atoms. The van der Waals surface area contributed by atoms with Crippen LogP contribution in [0.15, 0.2) is 24.3 Å². The summed E-state index contributed by atoms with van der Waals surface area (Å²) in [6.45, 7) is 1.80. The fraction of sp³-hybridized carbons (Fsp3) is 0.333. The summed E-state index contributed by atoms with van der Waals surface area (Å²) in [6, 6.07) is 5.04. The number of Topliss-reactive ketones (excluding diaryl/α,β-unsaturated/α-hetero) is 1. The van der Waals surface area contributed by atoms with Crippen LogP contribution in [-0.4, -0.2) is 44.4 Å².